The summed E-state index contributed by atoms with van der Waals surface area (Å²) in [5.74, 6) is -1.89. The van der Waals surface area contributed by atoms with E-state index < -0.39 is 11.8 Å². The number of halogens is 1. The Morgan fingerprint density at radius 1 is 1.33 bits per heavy atom. The summed E-state index contributed by atoms with van der Waals surface area (Å²) < 4.78 is 18.8. The molecule has 0 bridgehead atoms. The zero-order valence-electron chi connectivity index (χ0n) is 11.3. The number of carboxylic acid groups (broad SMARTS) is 1. The highest BCUT2D eigenvalue weighted by Gasteiger charge is 2.16. The van der Waals surface area contributed by atoms with Gasteiger partial charge in [0.05, 0.1) is 5.69 Å². The van der Waals surface area contributed by atoms with Crippen LogP contribution in [0.2, 0.25) is 0 Å². The number of pyridine rings is 1. The first-order chi connectivity index (χ1) is 9.92. The van der Waals surface area contributed by atoms with Crippen LogP contribution in [0.5, 0.6) is 11.5 Å². The molecule has 106 valence electrons. The van der Waals surface area contributed by atoms with E-state index in [2.05, 4.69) is 4.98 Å². The zero-order valence-corrected chi connectivity index (χ0v) is 11.3. The number of aromatic nitrogens is 1. The lowest BCUT2D eigenvalue weighted by atomic mass is 10.1. The van der Waals surface area contributed by atoms with E-state index in [0.29, 0.717) is 11.4 Å². The summed E-state index contributed by atoms with van der Waals surface area (Å²) in [4.78, 5) is 15.3. The van der Waals surface area contributed by atoms with E-state index in [9.17, 15) is 9.18 Å². The van der Waals surface area contributed by atoms with Crippen molar-refractivity contribution in [1.29, 1.82) is 5.26 Å². The van der Waals surface area contributed by atoms with Gasteiger partial charge in [0, 0.05) is 17.8 Å². The first kappa shape index (κ1) is 14.5. The third-order valence-corrected chi connectivity index (χ3v) is 2.80. The standard InChI is InChI=1S/C15H11FN2O3/c1-8-5-13(12(7-17)9(2)18-8)21-14-6-10(16)3-4-11(14)15(19)20/h3-6H,1-2H3,(H,19,20). The van der Waals surface area contributed by atoms with Crippen LogP contribution in [0.1, 0.15) is 27.3 Å². The van der Waals surface area contributed by atoms with Crippen molar-refractivity contribution >= 4 is 5.97 Å². The van der Waals surface area contributed by atoms with E-state index in [1.165, 1.54) is 6.07 Å². The topological polar surface area (TPSA) is 83.2 Å². The molecule has 0 saturated heterocycles. The second kappa shape index (κ2) is 5.59. The lowest BCUT2D eigenvalue weighted by Gasteiger charge is -2.12. The van der Waals surface area contributed by atoms with Gasteiger partial charge in [-0.25, -0.2) is 9.18 Å². The Morgan fingerprint density at radius 2 is 2.05 bits per heavy atom. The molecule has 0 spiro atoms. The predicted molar refractivity (Wildman–Crippen MR) is 71.9 cm³/mol. The third kappa shape index (κ3) is 2.98. The first-order valence-corrected chi connectivity index (χ1v) is 6.01. The van der Waals surface area contributed by atoms with Gasteiger partial charge in [0.15, 0.2) is 0 Å². The Morgan fingerprint density at radius 3 is 2.67 bits per heavy atom. The van der Waals surface area contributed by atoms with Crippen molar-refractivity contribution in [2.75, 3.05) is 0 Å². The molecule has 6 heteroatoms. The number of benzene rings is 1. The molecular weight excluding hydrogens is 275 g/mol. The maximum absolute atomic E-state index is 13.3. The maximum Gasteiger partial charge on any atom is 0.339 e. The van der Waals surface area contributed by atoms with Crippen LogP contribution >= 0.6 is 0 Å². The summed E-state index contributed by atoms with van der Waals surface area (Å²) in [5.41, 5.74) is 1.06. The molecule has 1 heterocycles. The van der Waals surface area contributed by atoms with Crippen molar-refractivity contribution in [1.82, 2.24) is 4.98 Å². The molecule has 21 heavy (non-hydrogen) atoms. The lowest BCUT2D eigenvalue weighted by molar-refractivity contribution is 0.0694. The number of rotatable bonds is 3. The monoisotopic (exact) mass is 286 g/mol. The van der Waals surface area contributed by atoms with Crippen LogP contribution in [0.3, 0.4) is 0 Å². The van der Waals surface area contributed by atoms with Crippen molar-refractivity contribution in [3.05, 3.63) is 52.6 Å². The normalized spacial score (nSPS) is 10.0. The zero-order chi connectivity index (χ0) is 15.6. The minimum absolute atomic E-state index is 0.149. The number of hydrogen-bond donors (Lipinski definition) is 1. The van der Waals surface area contributed by atoms with Crippen LogP contribution in [-0.4, -0.2) is 16.1 Å². The van der Waals surface area contributed by atoms with Crippen molar-refractivity contribution in [3.8, 4) is 17.6 Å². The molecule has 2 rings (SSSR count). The maximum atomic E-state index is 13.3. The Labute approximate surface area is 120 Å². The lowest BCUT2D eigenvalue weighted by Crippen LogP contribution is -2.02. The molecule has 0 aliphatic heterocycles. The van der Waals surface area contributed by atoms with Gasteiger partial charge in [0.1, 0.15) is 34.5 Å². The van der Waals surface area contributed by atoms with Gasteiger partial charge >= 0.3 is 5.97 Å². The van der Waals surface area contributed by atoms with Crippen molar-refractivity contribution in [3.63, 3.8) is 0 Å². The number of hydrogen-bond acceptors (Lipinski definition) is 4. The van der Waals surface area contributed by atoms with E-state index in [0.717, 1.165) is 18.2 Å². The quantitative estimate of drug-likeness (QED) is 0.936. The second-order valence-electron chi connectivity index (χ2n) is 4.38. The highest BCUT2D eigenvalue weighted by atomic mass is 19.1. The van der Waals surface area contributed by atoms with Crippen LogP contribution in [0, 0.1) is 31.0 Å². The predicted octanol–water partition coefficient (Wildman–Crippen LogP) is 3.20. The van der Waals surface area contributed by atoms with Gasteiger partial charge < -0.3 is 9.84 Å². The SMILES string of the molecule is Cc1cc(Oc2cc(F)ccc2C(=O)O)c(C#N)c(C)n1. The van der Waals surface area contributed by atoms with E-state index in [-0.39, 0.29) is 22.6 Å². The van der Waals surface area contributed by atoms with E-state index in [1.54, 1.807) is 13.8 Å². The van der Waals surface area contributed by atoms with Crippen LogP contribution in [0.4, 0.5) is 4.39 Å². The van der Waals surface area contributed by atoms with Gasteiger partial charge in [0.25, 0.3) is 0 Å². The van der Waals surface area contributed by atoms with Crippen LogP contribution in [0.15, 0.2) is 24.3 Å². The highest BCUT2D eigenvalue weighted by molar-refractivity contribution is 5.91. The number of carbonyl (C=O) groups is 1. The molecule has 0 atom stereocenters. The number of nitriles is 1. The molecule has 0 unspecified atom stereocenters. The Bertz CT molecular complexity index is 766. The molecular formula is C15H11FN2O3. The number of ether oxygens (including phenoxy) is 1. The molecule has 0 amide bonds. The summed E-state index contributed by atoms with van der Waals surface area (Å²) >= 11 is 0. The van der Waals surface area contributed by atoms with E-state index in [4.69, 9.17) is 15.1 Å². The Kier molecular flexibility index (Phi) is 3.85. The summed E-state index contributed by atoms with van der Waals surface area (Å²) in [6, 6.07) is 6.56. The molecule has 0 radical (unpaired) electrons. The van der Waals surface area contributed by atoms with Crippen molar-refractivity contribution in [2.45, 2.75) is 13.8 Å². The summed E-state index contributed by atoms with van der Waals surface area (Å²) in [6.45, 7) is 3.35. The van der Waals surface area contributed by atoms with Gasteiger partial charge in [-0.3, -0.25) is 4.98 Å². The van der Waals surface area contributed by atoms with Crippen molar-refractivity contribution in [2.24, 2.45) is 0 Å². The fourth-order valence-corrected chi connectivity index (χ4v) is 1.89. The third-order valence-electron chi connectivity index (χ3n) is 2.80. The number of aryl methyl sites for hydroxylation is 2. The fourth-order valence-electron chi connectivity index (χ4n) is 1.89. The Hall–Kier alpha value is -2.94. The molecule has 5 nitrogen and oxygen atoms in total. The molecule has 0 aliphatic rings. The fraction of sp³-hybridized carbons (Fsp3) is 0.133. The van der Waals surface area contributed by atoms with Gasteiger partial charge in [-0.15, -0.1) is 0 Å². The van der Waals surface area contributed by atoms with E-state index in [1.807, 2.05) is 6.07 Å². The number of carboxylic acids is 1. The van der Waals surface area contributed by atoms with Crippen LogP contribution < -0.4 is 4.74 Å². The molecule has 0 aliphatic carbocycles. The molecule has 1 aromatic carbocycles. The average Bonchev–Trinajstić information content (AvgIpc) is 2.37. The summed E-state index contributed by atoms with van der Waals surface area (Å²) in [6.07, 6.45) is 0. The van der Waals surface area contributed by atoms with Crippen LogP contribution in [0.25, 0.3) is 0 Å². The molecule has 1 N–H and O–H groups in total. The van der Waals surface area contributed by atoms with E-state index >= 15 is 0 Å². The van der Waals surface area contributed by atoms with Gasteiger partial charge in [-0.2, -0.15) is 5.26 Å². The number of nitrogens with zero attached hydrogens (tertiary/aromatic N) is 2. The second-order valence-corrected chi connectivity index (χ2v) is 4.38. The van der Waals surface area contributed by atoms with Gasteiger partial charge in [0.2, 0.25) is 0 Å². The molecule has 2 aromatic rings. The van der Waals surface area contributed by atoms with Crippen LogP contribution in [-0.2, 0) is 0 Å². The first-order valence-electron chi connectivity index (χ1n) is 6.01. The molecule has 1 aromatic heterocycles. The van der Waals surface area contributed by atoms with Gasteiger partial charge in [-0.05, 0) is 26.0 Å². The Balaban J connectivity index is 2.55. The largest absolute Gasteiger partial charge is 0.478 e. The summed E-state index contributed by atoms with van der Waals surface area (Å²) in [7, 11) is 0. The molecule has 0 saturated carbocycles. The van der Waals surface area contributed by atoms with Crippen molar-refractivity contribution < 1.29 is 19.0 Å². The smallest absolute Gasteiger partial charge is 0.339 e. The van der Waals surface area contributed by atoms with Gasteiger partial charge in [-0.1, -0.05) is 0 Å². The highest BCUT2D eigenvalue weighted by Crippen LogP contribution is 2.30. The minimum Gasteiger partial charge on any atom is -0.478 e. The number of aromatic carboxylic acids is 1. The average molecular weight is 286 g/mol. The minimum atomic E-state index is -1.24. The molecule has 0 fully saturated rings. The summed E-state index contributed by atoms with van der Waals surface area (Å²) in [5, 5.41) is 18.2.